The van der Waals surface area contributed by atoms with E-state index in [1.807, 2.05) is 49.4 Å². The van der Waals surface area contributed by atoms with Gasteiger partial charge in [-0.15, -0.1) is 0 Å². The minimum Gasteiger partial charge on any atom is -0.340 e. The minimum absolute atomic E-state index is 0.0153. The van der Waals surface area contributed by atoms with Crippen molar-refractivity contribution < 1.29 is 9.59 Å². The van der Waals surface area contributed by atoms with Gasteiger partial charge < -0.3 is 15.3 Å². The first-order chi connectivity index (χ1) is 14.4. The standard InChI is InChI=1S/C22H22N6O2/c1-12(2)14-8-6-7-13(3)17(14)27-20(29)18-19(24-11-23-18)21(30)28-22-25-15-9-4-5-10-16(15)26-22/h4-12H,1-3H3,(H,23,24)(H,27,29)(H2,25,26,28,30). The summed E-state index contributed by atoms with van der Waals surface area (Å²) in [5.41, 5.74) is 4.32. The molecule has 0 unspecified atom stereocenters. The number of carbonyl (C=O) groups excluding carboxylic acids is 2. The summed E-state index contributed by atoms with van der Waals surface area (Å²) >= 11 is 0. The van der Waals surface area contributed by atoms with Gasteiger partial charge in [0.25, 0.3) is 11.8 Å². The third kappa shape index (κ3) is 3.67. The molecule has 0 aliphatic carbocycles. The molecule has 0 aliphatic heterocycles. The molecule has 0 radical (unpaired) electrons. The van der Waals surface area contributed by atoms with Crippen LogP contribution in [0, 0.1) is 6.92 Å². The van der Waals surface area contributed by atoms with Crippen LogP contribution in [0.2, 0.25) is 0 Å². The molecule has 30 heavy (non-hydrogen) atoms. The topological polar surface area (TPSA) is 116 Å². The van der Waals surface area contributed by atoms with Crippen molar-refractivity contribution in [2.45, 2.75) is 26.7 Å². The second-order valence-electron chi connectivity index (χ2n) is 7.33. The van der Waals surface area contributed by atoms with E-state index in [2.05, 4.69) is 44.4 Å². The van der Waals surface area contributed by atoms with E-state index in [9.17, 15) is 9.59 Å². The van der Waals surface area contributed by atoms with Crippen LogP contribution < -0.4 is 10.6 Å². The molecule has 0 bridgehead atoms. The van der Waals surface area contributed by atoms with Crippen LogP contribution in [0.25, 0.3) is 11.0 Å². The molecule has 152 valence electrons. The van der Waals surface area contributed by atoms with E-state index in [-0.39, 0.29) is 17.3 Å². The van der Waals surface area contributed by atoms with Gasteiger partial charge in [0.15, 0.2) is 5.69 Å². The summed E-state index contributed by atoms with van der Waals surface area (Å²) in [6, 6.07) is 13.3. The number of fused-ring (bicyclic) bond motifs is 1. The number of imidazole rings is 2. The average molecular weight is 402 g/mol. The first-order valence-electron chi connectivity index (χ1n) is 9.64. The molecule has 8 heteroatoms. The fourth-order valence-corrected chi connectivity index (χ4v) is 3.34. The number of rotatable bonds is 5. The lowest BCUT2D eigenvalue weighted by Crippen LogP contribution is -2.21. The molecule has 0 atom stereocenters. The Hall–Kier alpha value is -3.94. The summed E-state index contributed by atoms with van der Waals surface area (Å²) in [6.07, 6.45) is 1.32. The van der Waals surface area contributed by atoms with Crippen molar-refractivity contribution in [2.24, 2.45) is 0 Å². The molecule has 4 N–H and O–H groups in total. The zero-order chi connectivity index (χ0) is 21.3. The first-order valence-corrected chi connectivity index (χ1v) is 9.64. The molecular formula is C22H22N6O2. The zero-order valence-electron chi connectivity index (χ0n) is 16.9. The summed E-state index contributed by atoms with van der Waals surface area (Å²) in [5.74, 6) is -0.439. The van der Waals surface area contributed by atoms with Crippen LogP contribution in [0.1, 0.15) is 51.9 Å². The van der Waals surface area contributed by atoms with E-state index >= 15 is 0 Å². The third-order valence-electron chi connectivity index (χ3n) is 4.87. The molecule has 0 spiro atoms. The van der Waals surface area contributed by atoms with Crippen molar-refractivity contribution in [3.8, 4) is 0 Å². The molecular weight excluding hydrogens is 380 g/mol. The van der Waals surface area contributed by atoms with Crippen molar-refractivity contribution in [3.63, 3.8) is 0 Å². The fourth-order valence-electron chi connectivity index (χ4n) is 3.34. The lowest BCUT2D eigenvalue weighted by molar-refractivity contribution is 0.0985. The Morgan fingerprint density at radius 2 is 1.80 bits per heavy atom. The van der Waals surface area contributed by atoms with Gasteiger partial charge in [0, 0.05) is 5.69 Å². The van der Waals surface area contributed by atoms with Gasteiger partial charge in [-0.3, -0.25) is 14.9 Å². The van der Waals surface area contributed by atoms with E-state index in [4.69, 9.17) is 0 Å². The van der Waals surface area contributed by atoms with E-state index in [0.29, 0.717) is 5.95 Å². The fraction of sp³-hybridized carbons (Fsp3) is 0.182. The Morgan fingerprint density at radius 3 is 2.57 bits per heavy atom. The van der Waals surface area contributed by atoms with Crippen molar-refractivity contribution in [1.82, 2.24) is 19.9 Å². The van der Waals surface area contributed by atoms with Crippen LogP contribution in [0.3, 0.4) is 0 Å². The zero-order valence-corrected chi connectivity index (χ0v) is 16.9. The summed E-state index contributed by atoms with van der Waals surface area (Å²) in [7, 11) is 0. The van der Waals surface area contributed by atoms with Crippen LogP contribution in [0.4, 0.5) is 11.6 Å². The van der Waals surface area contributed by atoms with Gasteiger partial charge in [-0.1, -0.05) is 44.2 Å². The number of benzene rings is 2. The van der Waals surface area contributed by atoms with Crippen LogP contribution in [0.5, 0.6) is 0 Å². The molecule has 8 nitrogen and oxygen atoms in total. The molecule has 0 saturated heterocycles. The van der Waals surface area contributed by atoms with Crippen LogP contribution >= 0.6 is 0 Å². The van der Waals surface area contributed by atoms with Crippen LogP contribution in [-0.2, 0) is 0 Å². The maximum atomic E-state index is 12.9. The predicted octanol–water partition coefficient (Wildman–Crippen LogP) is 4.22. The van der Waals surface area contributed by atoms with Crippen molar-refractivity contribution in [1.29, 1.82) is 0 Å². The number of aryl methyl sites for hydroxylation is 1. The summed E-state index contributed by atoms with van der Waals surface area (Å²) in [6.45, 7) is 6.05. The summed E-state index contributed by atoms with van der Waals surface area (Å²) in [5, 5.41) is 5.60. The van der Waals surface area contributed by atoms with Crippen molar-refractivity contribution in [2.75, 3.05) is 10.6 Å². The molecule has 4 rings (SSSR count). The highest BCUT2D eigenvalue weighted by molar-refractivity contribution is 6.13. The van der Waals surface area contributed by atoms with Gasteiger partial charge in [-0.25, -0.2) is 9.97 Å². The number of nitrogens with zero attached hydrogens (tertiary/aromatic N) is 2. The maximum absolute atomic E-state index is 12.9. The van der Waals surface area contributed by atoms with Gasteiger partial charge >= 0.3 is 0 Å². The van der Waals surface area contributed by atoms with Gasteiger partial charge in [0.05, 0.1) is 17.4 Å². The monoisotopic (exact) mass is 402 g/mol. The number of carbonyl (C=O) groups is 2. The van der Waals surface area contributed by atoms with E-state index in [1.54, 1.807) is 0 Å². The molecule has 0 saturated carbocycles. The lowest BCUT2D eigenvalue weighted by atomic mass is 9.98. The van der Waals surface area contributed by atoms with Gasteiger partial charge in [0.2, 0.25) is 5.95 Å². The summed E-state index contributed by atoms with van der Waals surface area (Å²) < 4.78 is 0. The Bertz CT molecular complexity index is 1200. The Balaban J connectivity index is 1.57. The van der Waals surface area contributed by atoms with Crippen molar-refractivity contribution in [3.05, 3.63) is 71.3 Å². The predicted molar refractivity (Wildman–Crippen MR) is 116 cm³/mol. The molecule has 2 aromatic carbocycles. The normalized spacial score (nSPS) is 11.1. The minimum atomic E-state index is -0.509. The molecule has 2 aromatic heterocycles. The van der Waals surface area contributed by atoms with Gasteiger partial charge in [-0.2, -0.15) is 0 Å². The molecule has 0 aliphatic rings. The SMILES string of the molecule is Cc1cccc(C(C)C)c1NC(=O)c1nc[nH]c1C(=O)Nc1nc2ccccc2[nH]1. The van der Waals surface area contributed by atoms with E-state index in [0.717, 1.165) is 27.8 Å². The maximum Gasteiger partial charge on any atom is 0.276 e. The molecule has 2 heterocycles. The largest absolute Gasteiger partial charge is 0.340 e. The number of aromatic nitrogens is 4. The molecule has 4 aromatic rings. The molecule has 2 amide bonds. The van der Waals surface area contributed by atoms with E-state index in [1.165, 1.54) is 6.33 Å². The Kier molecular flexibility index (Phi) is 5.05. The second kappa shape index (κ2) is 7.82. The van der Waals surface area contributed by atoms with Crippen LogP contribution in [0.15, 0.2) is 48.8 Å². The highest BCUT2D eigenvalue weighted by Gasteiger charge is 2.23. The smallest absolute Gasteiger partial charge is 0.276 e. The number of nitrogens with one attached hydrogen (secondary N) is 4. The Morgan fingerprint density at radius 1 is 1.00 bits per heavy atom. The number of anilines is 2. The number of hydrogen-bond acceptors (Lipinski definition) is 4. The number of H-pyrrole nitrogens is 2. The van der Waals surface area contributed by atoms with Gasteiger partial charge in [0.1, 0.15) is 5.69 Å². The van der Waals surface area contributed by atoms with Crippen molar-refractivity contribution >= 4 is 34.5 Å². The van der Waals surface area contributed by atoms with Crippen LogP contribution in [-0.4, -0.2) is 31.8 Å². The second-order valence-corrected chi connectivity index (χ2v) is 7.33. The number of aromatic amines is 2. The number of para-hydroxylation sites is 3. The number of hydrogen-bond donors (Lipinski definition) is 4. The first kappa shape index (κ1) is 19.4. The highest BCUT2D eigenvalue weighted by atomic mass is 16.2. The quantitative estimate of drug-likeness (QED) is 0.400. The highest BCUT2D eigenvalue weighted by Crippen LogP contribution is 2.28. The van der Waals surface area contributed by atoms with Gasteiger partial charge in [-0.05, 0) is 36.1 Å². The lowest BCUT2D eigenvalue weighted by Gasteiger charge is -2.16. The summed E-state index contributed by atoms with van der Waals surface area (Å²) in [4.78, 5) is 39.8. The molecule has 0 fully saturated rings. The average Bonchev–Trinajstić information content (AvgIpc) is 3.35. The Labute approximate surface area is 173 Å². The van der Waals surface area contributed by atoms with E-state index < -0.39 is 11.8 Å². The third-order valence-corrected chi connectivity index (χ3v) is 4.87. The number of amides is 2.